The summed E-state index contributed by atoms with van der Waals surface area (Å²) in [6.07, 6.45) is 1.19. The molecule has 1 heteroatoms. The summed E-state index contributed by atoms with van der Waals surface area (Å²) in [4.78, 5) is 0. The highest BCUT2D eigenvalue weighted by Crippen LogP contribution is 2.36. The van der Waals surface area contributed by atoms with Crippen LogP contribution in [0, 0.1) is 5.92 Å². The van der Waals surface area contributed by atoms with Crippen LogP contribution in [0.5, 0.6) is 0 Å². The molecule has 40 valence electrons. The molecule has 1 aliphatic carbocycles. The molecule has 0 heterocycles. The molecule has 0 fully saturated rings. The number of hydrogen-bond acceptors (Lipinski definition) is 1. The van der Waals surface area contributed by atoms with Gasteiger partial charge in [0.15, 0.2) is 0 Å². The molecule has 0 saturated heterocycles. The van der Waals surface area contributed by atoms with Crippen molar-refractivity contribution in [3.8, 4) is 0 Å². The third-order valence-corrected chi connectivity index (χ3v) is 1.68. The van der Waals surface area contributed by atoms with Crippen LogP contribution in [0.3, 0.4) is 0 Å². The van der Waals surface area contributed by atoms with Gasteiger partial charge in [-0.15, -0.1) is 0 Å². The summed E-state index contributed by atoms with van der Waals surface area (Å²) in [6.45, 7) is 4.26. The second kappa shape index (κ2) is 1.25. The molecule has 0 radical (unpaired) electrons. The predicted octanol–water partition coefficient (Wildman–Crippen LogP) is 1.26. The average Bonchev–Trinajstić information content (AvgIpc) is 2.17. The fourth-order valence-corrected chi connectivity index (χ4v) is 0.943. The van der Waals surface area contributed by atoms with Crippen LogP contribution in [0.4, 0.5) is 0 Å². The molecule has 1 nitrogen and oxygen atoms in total. The van der Waals surface area contributed by atoms with Gasteiger partial charge < -0.3 is 5.73 Å². The molecule has 0 aromatic heterocycles. The SMILES string of the molecule is CCC1C(C)=C1N. The van der Waals surface area contributed by atoms with E-state index in [1.165, 1.54) is 12.0 Å². The first-order chi connectivity index (χ1) is 3.27. The Hall–Kier alpha value is -0.460. The maximum atomic E-state index is 5.50. The maximum Gasteiger partial charge on any atom is 0.0208 e. The summed E-state index contributed by atoms with van der Waals surface area (Å²) in [5.74, 6) is 0.681. The number of allylic oxidation sites excluding steroid dienone is 2. The molecule has 0 aliphatic heterocycles. The van der Waals surface area contributed by atoms with Crippen molar-refractivity contribution >= 4 is 0 Å². The summed E-state index contributed by atoms with van der Waals surface area (Å²) in [6, 6.07) is 0. The van der Waals surface area contributed by atoms with Gasteiger partial charge in [-0.3, -0.25) is 0 Å². The number of nitrogens with two attached hydrogens (primary N) is 1. The summed E-state index contributed by atoms with van der Waals surface area (Å²) in [5, 5.41) is 0. The van der Waals surface area contributed by atoms with Crippen LogP contribution < -0.4 is 5.73 Å². The third kappa shape index (κ3) is 0.521. The van der Waals surface area contributed by atoms with Crippen LogP contribution in [0.1, 0.15) is 20.3 Å². The highest BCUT2D eigenvalue weighted by Gasteiger charge is 2.27. The van der Waals surface area contributed by atoms with Crippen molar-refractivity contribution in [1.29, 1.82) is 0 Å². The van der Waals surface area contributed by atoms with Gasteiger partial charge in [0.2, 0.25) is 0 Å². The molecule has 0 aromatic carbocycles. The van der Waals surface area contributed by atoms with Crippen LogP contribution in [0.25, 0.3) is 0 Å². The van der Waals surface area contributed by atoms with E-state index >= 15 is 0 Å². The zero-order valence-corrected chi connectivity index (χ0v) is 4.86. The quantitative estimate of drug-likeness (QED) is 0.523. The molecular weight excluding hydrogens is 86.1 g/mol. The zero-order valence-electron chi connectivity index (χ0n) is 4.86. The van der Waals surface area contributed by atoms with Crippen molar-refractivity contribution in [2.75, 3.05) is 0 Å². The van der Waals surface area contributed by atoms with E-state index in [0.29, 0.717) is 5.92 Å². The molecule has 0 saturated carbocycles. The van der Waals surface area contributed by atoms with E-state index in [4.69, 9.17) is 5.73 Å². The van der Waals surface area contributed by atoms with Crippen molar-refractivity contribution in [2.45, 2.75) is 20.3 Å². The summed E-state index contributed by atoms with van der Waals surface area (Å²) in [5.41, 5.74) is 8.03. The van der Waals surface area contributed by atoms with Crippen molar-refractivity contribution in [2.24, 2.45) is 11.7 Å². The van der Waals surface area contributed by atoms with E-state index in [1.807, 2.05) is 0 Å². The molecular formula is C6H11N. The highest BCUT2D eigenvalue weighted by molar-refractivity contribution is 5.35. The first kappa shape index (κ1) is 4.69. The van der Waals surface area contributed by atoms with Gasteiger partial charge >= 0.3 is 0 Å². The minimum Gasteiger partial charge on any atom is -0.402 e. The Labute approximate surface area is 44.2 Å². The monoisotopic (exact) mass is 97.1 g/mol. The number of hydrogen-bond donors (Lipinski definition) is 1. The van der Waals surface area contributed by atoms with E-state index in [1.54, 1.807) is 0 Å². The van der Waals surface area contributed by atoms with Gasteiger partial charge in [-0.05, 0) is 18.9 Å². The van der Waals surface area contributed by atoms with Crippen molar-refractivity contribution < 1.29 is 0 Å². The first-order valence-electron chi connectivity index (χ1n) is 2.73. The van der Waals surface area contributed by atoms with Gasteiger partial charge in [0.25, 0.3) is 0 Å². The lowest BCUT2D eigenvalue weighted by Gasteiger charge is -1.84. The molecule has 1 rings (SSSR count). The molecule has 1 unspecified atom stereocenters. The second-order valence-electron chi connectivity index (χ2n) is 2.10. The van der Waals surface area contributed by atoms with Gasteiger partial charge in [0.1, 0.15) is 0 Å². The van der Waals surface area contributed by atoms with Crippen LogP contribution in [0.2, 0.25) is 0 Å². The average molecular weight is 97.2 g/mol. The Morgan fingerprint density at radius 1 is 1.71 bits per heavy atom. The van der Waals surface area contributed by atoms with E-state index in [9.17, 15) is 0 Å². The molecule has 2 N–H and O–H groups in total. The Balaban J connectivity index is 2.37. The summed E-state index contributed by atoms with van der Waals surface area (Å²) in [7, 11) is 0. The van der Waals surface area contributed by atoms with Crippen LogP contribution >= 0.6 is 0 Å². The zero-order chi connectivity index (χ0) is 5.44. The predicted molar refractivity (Wildman–Crippen MR) is 30.7 cm³/mol. The summed E-state index contributed by atoms with van der Waals surface area (Å²) < 4.78 is 0. The Morgan fingerprint density at radius 2 is 2.14 bits per heavy atom. The maximum absolute atomic E-state index is 5.50. The van der Waals surface area contributed by atoms with E-state index < -0.39 is 0 Å². The van der Waals surface area contributed by atoms with E-state index in [2.05, 4.69) is 13.8 Å². The minimum absolute atomic E-state index is 0.681. The molecule has 0 spiro atoms. The third-order valence-electron chi connectivity index (χ3n) is 1.68. The van der Waals surface area contributed by atoms with E-state index in [0.717, 1.165) is 5.70 Å². The molecule has 0 amide bonds. The lowest BCUT2D eigenvalue weighted by molar-refractivity contribution is 0.808. The topological polar surface area (TPSA) is 26.0 Å². The second-order valence-corrected chi connectivity index (χ2v) is 2.10. The Bertz CT molecular complexity index is 101. The van der Waals surface area contributed by atoms with Gasteiger partial charge in [-0.1, -0.05) is 6.92 Å². The van der Waals surface area contributed by atoms with Crippen LogP contribution in [0.15, 0.2) is 11.3 Å². The molecule has 7 heavy (non-hydrogen) atoms. The van der Waals surface area contributed by atoms with Gasteiger partial charge in [0, 0.05) is 11.6 Å². The number of rotatable bonds is 1. The molecule has 1 atom stereocenters. The fourth-order valence-electron chi connectivity index (χ4n) is 0.943. The lowest BCUT2D eigenvalue weighted by Crippen LogP contribution is -1.87. The lowest BCUT2D eigenvalue weighted by atomic mass is 10.2. The van der Waals surface area contributed by atoms with Gasteiger partial charge in [-0.25, -0.2) is 0 Å². The largest absolute Gasteiger partial charge is 0.402 e. The first-order valence-corrected chi connectivity index (χ1v) is 2.73. The highest BCUT2D eigenvalue weighted by atomic mass is 14.7. The van der Waals surface area contributed by atoms with Crippen LogP contribution in [-0.4, -0.2) is 0 Å². The van der Waals surface area contributed by atoms with Crippen molar-refractivity contribution in [1.82, 2.24) is 0 Å². The smallest absolute Gasteiger partial charge is 0.0208 e. The normalized spacial score (nSPS) is 28.6. The van der Waals surface area contributed by atoms with Crippen LogP contribution in [-0.2, 0) is 0 Å². The van der Waals surface area contributed by atoms with Crippen molar-refractivity contribution in [3.63, 3.8) is 0 Å². The van der Waals surface area contributed by atoms with Gasteiger partial charge in [0.05, 0.1) is 0 Å². The van der Waals surface area contributed by atoms with E-state index in [-0.39, 0.29) is 0 Å². The molecule has 0 bridgehead atoms. The van der Waals surface area contributed by atoms with Gasteiger partial charge in [-0.2, -0.15) is 0 Å². The summed E-state index contributed by atoms with van der Waals surface area (Å²) >= 11 is 0. The fraction of sp³-hybridized carbons (Fsp3) is 0.667. The Kier molecular flexibility index (Phi) is 0.841. The standard InChI is InChI=1S/C6H11N/c1-3-5-4(2)6(5)7/h5H,3,7H2,1-2H3. The van der Waals surface area contributed by atoms with Crippen molar-refractivity contribution in [3.05, 3.63) is 11.3 Å². The minimum atomic E-state index is 0.681. The Morgan fingerprint density at radius 3 is 2.14 bits per heavy atom. The molecule has 0 aromatic rings. The molecule has 1 aliphatic rings.